The number of ether oxygens (including phenoxy) is 2. The molecule has 1 saturated heterocycles. The SMILES string of the molecule is CC(C)Oc1ccc(C(N)CN2CCOC(C)(C)C2)cc1. The van der Waals surface area contributed by atoms with Gasteiger partial charge in [0.15, 0.2) is 0 Å². The molecule has 0 amide bonds. The Kier molecular flexibility index (Phi) is 5.25. The highest BCUT2D eigenvalue weighted by Crippen LogP contribution is 2.21. The molecule has 1 atom stereocenters. The van der Waals surface area contributed by atoms with Gasteiger partial charge in [0.05, 0.1) is 18.3 Å². The van der Waals surface area contributed by atoms with Crippen LogP contribution in [0.25, 0.3) is 0 Å². The van der Waals surface area contributed by atoms with Gasteiger partial charge in [-0.3, -0.25) is 4.90 Å². The Morgan fingerprint density at radius 2 is 1.95 bits per heavy atom. The molecule has 0 bridgehead atoms. The lowest BCUT2D eigenvalue weighted by Crippen LogP contribution is -2.50. The van der Waals surface area contributed by atoms with E-state index in [4.69, 9.17) is 15.2 Å². The van der Waals surface area contributed by atoms with E-state index in [2.05, 4.69) is 30.9 Å². The minimum absolute atomic E-state index is 0.0204. The molecule has 1 aromatic carbocycles. The third-order valence-corrected chi connectivity index (χ3v) is 3.64. The minimum Gasteiger partial charge on any atom is -0.491 e. The normalized spacial score (nSPS) is 20.5. The highest BCUT2D eigenvalue weighted by atomic mass is 16.5. The molecule has 1 heterocycles. The topological polar surface area (TPSA) is 47.7 Å². The summed E-state index contributed by atoms with van der Waals surface area (Å²) >= 11 is 0. The maximum atomic E-state index is 6.34. The number of rotatable bonds is 5. The van der Waals surface area contributed by atoms with E-state index >= 15 is 0 Å². The lowest BCUT2D eigenvalue weighted by Gasteiger charge is -2.39. The van der Waals surface area contributed by atoms with Crippen molar-refractivity contribution in [1.82, 2.24) is 4.90 Å². The number of morpholine rings is 1. The first-order chi connectivity index (χ1) is 9.85. The molecule has 118 valence electrons. The summed E-state index contributed by atoms with van der Waals surface area (Å²) < 4.78 is 11.4. The molecule has 1 unspecified atom stereocenters. The zero-order valence-electron chi connectivity index (χ0n) is 13.6. The van der Waals surface area contributed by atoms with Gasteiger partial charge in [-0.2, -0.15) is 0 Å². The van der Waals surface area contributed by atoms with Gasteiger partial charge in [0.25, 0.3) is 0 Å². The average Bonchev–Trinajstić information content (AvgIpc) is 2.37. The summed E-state index contributed by atoms with van der Waals surface area (Å²) in [7, 11) is 0. The van der Waals surface area contributed by atoms with E-state index in [1.165, 1.54) is 0 Å². The molecule has 1 aliphatic rings. The second kappa shape index (κ2) is 6.77. The van der Waals surface area contributed by atoms with E-state index < -0.39 is 0 Å². The van der Waals surface area contributed by atoms with E-state index in [1.54, 1.807) is 0 Å². The fraction of sp³-hybridized carbons (Fsp3) is 0.647. The molecule has 0 spiro atoms. The van der Waals surface area contributed by atoms with Crippen LogP contribution in [0.3, 0.4) is 0 Å². The standard InChI is InChI=1S/C17H28N2O2/c1-13(2)21-15-7-5-14(6-8-15)16(18)11-19-9-10-20-17(3,4)12-19/h5-8,13,16H,9-12,18H2,1-4H3. The molecule has 0 aromatic heterocycles. The van der Waals surface area contributed by atoms with E-state index in [0.29, 0.717) is 0 Å². The molecule has 0 saturated carbocycles. The summed E-state index contributed by atoms with van der Waals surface area (Å²) in [5.74, 6) is 0.897. The van der Waals surface area contributed by atoms with Crippen molar-refractivity contribution in [3.05, 3.63) is 29.8 Å². The fourth-order valence-electron chi connectivity index (χ4n) is 2.72. The van der Waals surface area contributed by atoms with Crippen LogP contribution >= 0.6 is 0 Å². The summed E-state index contributed by atoms with van der Waals surface area (Å²) in [5.41, 5.74) is 7.41. The highest BCUT2D eigenvalue weighted by molar-refractivity contribution is 5.29. The molecule has 0 radical (unpaired) electrons. The summed E-state index contributed by atoms with van der Waals surface area (Å²) in [4.78, 5) is 2.38. The first-order valence-corrected chi connectivity index (χ1v) is 7.74. The van der Waals surface area contributed by atoms with Gasteiger partial charge < -0.3 is 15.2 Å². The molecule has 1 aliphatic heterocycles. The van der Waals surface area contributed by atoms with Crippen molar-refractivity contribution in [2.24, 2.45) is 5.73 Å². The molecule has 2 N–H and O–H groups in total. The number of nitrogens with zero attached hydrogens (tertiary/aromatic N) is 1. The van der Waals surface area contributed by atoms with Crippen LogP contribution in [0.5, 0.6) is 5.75 Å². The predicted molar refractivity (Wildman–Crippen MR) is 85.6 cm³/mol. The molecule has 4 heteroatoms. The van der Waals surface area contributed by atoms with Crippen LogP contribution in [0.4, 0.5) is 0 Å². The minimum atomic E-state index is -0.0765. The number of hydrogen-bond donors (Lipinski definition) is 1. The van der Waals surface area contributed by atoms with Gasteiger partial charge in [0.1, 0.15) is 5.75 Å². The Bertz CT molecular complexity index is 443. The second-order valence-corrected chi connectivity index (χ2v) is 6.69. The Morgan fingerprint density at radius 1 is 1.29 bits per heavy atom. The van der Waals surface area contributed by atoms with Crippen LogP contribution < -0.4 is 10.5 Å². The second-order valence-electron chi connectivity index (χ2n) is 6.69. The molecular formula is C17H28N2O2. The van der Waals surface area contributed by atoms with Crippen molar-refractivity contribution < 1.29 is 9.47 Å². The monoisotopic (exact) mass is 292 g/mol. The lowest BCUT2D eigenvalue weighted by molar-refractivity contribution is -0.0869. The van der Waals surface area contributed by atoms with E-state index in [1.807, 2.05) is 26.0 Å². The molecule has 21 heavy (non-hydrogen) atoms. The van der Waals surface area contributed by atoms with Crippen LogP contribution in [0.2, 0.25) is 0 Å². The summed E-state index contributed by atoms with van der Waals surface area (Å²) in [6.07, 6.45) is 0.195. The van der Waals surface area contributed by atoms with Crippen LogP contribution in [-0.4, -0.2) is 42.8 Å². The molecule has 1 fully saturated rings. The van der Waals surface area contributed by atoms with E-state index in [-0.39, 0.29) is 17.7 Å². The lowest BCUT2D eigenvalue weighted by atomic mass is 10.0. The Morgan fingerprint density at radius 3 is 2.52 bits per heavy atom. The summed E-state index contributed by atoms with van der Waals surface area (Å²) in [5, 5.41) is 0. The predicted octanol–water partition coefficient (Wildman–Crippen LogP) is 2.58. The van der Waals surface area contributed by atoms with Gasteiger partial charge in [-0.25, -0.2) is 0 Å². The third-order valence-electron chi connectivity index (χ3n) is 3.64. The van der Waals surface area contributed by atoms with Gasteiger partial charge in [0, 0.05) is 25.7 Å². The fourth-order valence-corrected chi connectivity index (χ4v) is 2.72. The molecule has 2 rings (SSSR count). The largest absolute Gasteiger partial charge is 0.491 e. The van der Waals surface area contributed by atoms with E-state index in [0.717, 1.165) is 37.6 Å². The van der Waals surface area contributed by atoms with Crippen molar-refractivity contribution >= 4 is 0 Å². The highest BCUT2D eigenvalue weighted by Gasteiger charge is 2.28. The molecular weight excluding hydrogens is 264 g/mol. The van der Waals surface area contributed by atoms with Gasteiger partial charge in [-0.05, 0) is 45.4 Å². The van der Waals surface area contributed by atoms with Crippen molar-refractivity contribution in [2.75, 3.05) is 26.2 Å². The number of benzene rings is 1. The van der Waals surface area contributed by atoms with Crippen molar-refractivity contribution in [2.45, 2.75) is 45.4 Å². The Hall–Kier alpha value is -1.10. The van der Waals surface area contributed by atoms with Gasteiger partial charge in [0.2, 0.25) is 0 Å². The third kappa shape index (κ3) is 4.99. The average molecular weight is 292 g/mol. The van der Waals surface area contributed by atoms with Gasteiger partial charge in [-0.1, -0.05) is 12.1 Å². The van der Waals surface area contributed by atoms with Gasteiger partial charge >= 0.3 is 0 Å². The maximum Gasteiger partial charge on any atom is 0.119 e. The van der Waals surface area contributed by atoms with E-state index in [9.17, 15) is 0 Å². The Balaban J connectivity index is 1.92. The van der Waals surface area contributed by atoms with Crippen LogP contribution in [0, 0.1) is 0 Å². The zero-order valence-corrected chi connectivity index (χ0v) is 13.6. The first kappa shape index (κ1) is 16.3. The van der Waals surface area contributed by atoms with Crippen LogP contribution in [0.1, 0.15) is 39.3 Å². The summed E-state index contributed by atoms with van der Waals surface area (Å²) in [6, 6.07) is 8.14. The number of nitrogens with two attached hydrogens (primary N) is 1. The Labute approximate surface area is 128 Å². The van der Waals surface area contributed by atoms with Crippen LogP contribution in [0.15, 0.2) is 24.3 Å². The molecule has 1 aromatic rings. The maximum absolute atomic E-state index is 6.34. The zero-order chi connectivity index (χ0) is 15.5. The first-order valence-electron chi connectivity index (χ1n) is 7.74. The molecule has 4 nitrogen and oxygen atoms in total. The summed E-state index contributed by atoms with van der Waals surface area (Å²) in [6.45, 7) is 11.8. The van der Waals surface area contributed by atoms with Crippen molar-refractivity contribution in [1.29, 1.82) is 0 Å². The van der Waals surface area contributed by atoms with Crippen molar-refractivity contribution in [3.8, 4) is 5.75 Å². The smallest absolute Gasteiger partial charge is 0.119 e. The number of hydrogen-bond acceptors (Lipinski definition) is 4. The van der Waals surface area contributed by atoms with Gasteiger partial charge in [-0.15, -0.1) is 0 Å². The molecule has 0 aliphatic carbocycles. The van der Waals surface area contributed by atoms with Crippen molar-refractivity contribution in [3.63, 3.8) is 0 Å². The quantitative estimate of drug-likeness (QED) is 0.906. The van der Waals surface area contributed by atoms with Crippen LogP contribution in [-0.2, 0) is 4.74 Å².